The lowest BCUT2D eigenvalue weighted by atomic mass is 10.1. The van der Waals surface area contributed by atoms with Crippen molar-refractivity contribution in [3.8, 4) is 11.5 Å². The highest BCUT2D eigenvalue weighted by molar-refractivity contribution is 6.74. The summed E-state index contributed by atoms with van der Waals surface area (Å²) in [5.41, 5.74) is -0.0672. The fourth-order valence-electron chi connectivity index (χ4n) is 2.64. The van der Waals surface area contributed by atoms with Crippen LogP contribution in [-0.4, -0.2) is 46.3 Å². The summed E-state index contributed by atoms with van der Waals surface area (Å²) in [4.78, 5) is 11.9. The SMILES string of the molecule is COC(=O)C(C)(C)Nc1ccc2c(c1)OCCC(CO[Si](C)(C)C(C)(C)C)O2. The highest BCUT2D eigenvalue weighted by atomic mass is 28.4. The molecule has 1 N–H and O–H groups in total. The van der Waals surface area contributed by atoms with Crippen LogP contribution in [0.3, 0.4) is 0 Å². The summed E-state index contributed by atoms with van der Waals surface area (Å²) in [6.45, 7) is 15.9. The van der Waals surface area contributed by atoms with E-state index in [1.54, 1.807) is 13.8 Å². The third-order valence-corrected chi connectivity index (χ3v) is 10.0. The fourth-order valence-corrected chi connectivity index (χ4v) is 3.67. The van der Waals surface area contributed by atoms with Gasteiger partial charge < -0.3 is 24.0 Å². The number of fused-ring (bicyclic) bond motifs is 1. The minimum absolute atomic E-state index is 0.0410. The van der Waals surface area contributed by atoms with E-state index in [1.165, 1.54) is 7.11 Å². The molecule has 1 aliphatic heterocycles. The van der Waals surface area contributed by atoms with Crippen molar-refractivity contribution in [2.45, 2.75) is 70.8 Å². The first-order valence-electron chi connectivity index (χ1n) is 9.80. The van der Waals surface area contributed by atoms with Crippen LogP contribution in [0.5, 0.6) is 11.5 Å². The van der Waals surface area contributed by atoms with Gasteiger partial charge in [0.25, 0.3) is 0 Å². The first-order chi connectivity index (χ1) is 12.9. The Labute approximate surface area is 170 Å². The number of rotatable bonds is 6. The normalized spacial score (nSPS) is 17.6. The van der Waals surface area contributed by atoms with Crippen molar-refractivity contribution >= 4 is 20.0 Å². The number of ether oxygens (including phenoxy) is 3. The number of hydrogen-bond acceptors (Lipinski definition) is 6. The molecule has 6 nitrogen and oxygen atoms in total. The lowest BCUT2D eigenvalue weighted by molar-refractivity contribution is -0.144. The van der Waals surface area contributed by atoms with Crippen molar-refractivity contribution in [3.63, 3.8) is 0 Å². The predicted octanol–water partition coefficient (Wildman–Crippen LogP) is 4.60. The van der Waals surface area contributed by atoms with Crippen molar-refractivity contribution in [1.29, 1.82) is 0 Å². The van der Waals surface area contributed by atoms with Gasteiger partial charge in [0.1, 0.15) is 11.6 Å². The van der Waals surface area contributed by atoms with Crippen LogP contribution in [0.25, 0.3) is 0 Å². The standard InChI is InChI=1S/C21H35NO5Si/c1-20(2,3)28(7,8)26-14-16-11-12-25-18-13-15(9-10-17(18)27-16)22-21(4,5)19(23)24-6/h9-10,13,16,22H,11-12,14H2,1-8H3. The number of nitrogens with one attached hydrogen (secondary N) is 1. The van der Waals surface area contributed by atoms with Crippen LogP contribution >= 0.6 is 0 Å². The largest absolute Gasteiger partial charge is 0.489 e. The molecule has 0 saturated heterocycles. The molecule has 0 bridgehead atoms. The maximum atomic E-state index is 11.9. The average molecular weight is 410 g/mol. The maximum absolute atomic E-state index is 11.9. The molecule has 0 aliphatic carbocycles. The zero-order valence-electron chi connectivity index (χ0n) is 18.5. The van der Waals surface area contributed by atoms with Crippen molar-refractivity contribution < 1.29 is 23.4 Å². The first kappa shape index (κ1) is 22.6. The lowest BCUT2D eigenvalue weighted by Gasteiger charge is -2.37. The third-order valence-electron chi connectivity index (χ3n) is 5.52. The Morgan fingerprint density at radius 3 is 2.50 bits per heavy atom. The minimum Gasteiger partial charge on any atom is -0.489 e. The molecule has 1 aromatic rings. The van der Waals surface area contributed by atoms with Crippen LogP contribution in [0.1, 0.15) is 41.0 Å². The summed E-state index contributed by atoms with van der Waals surface area (Å²) in [5, 5.41) is 3.35. The Morgan fingerprint density at radius 1 is 1.21 bits per heavy atom. The monoisotopic (exact) mass is 409 g/mol. The quantitative estimate of drug-likeness (QED) is 0.547. The second-order valence-electron chi connectivity index (χ2n) is 9.35. The second kappa shape index (κ2) is 8.33. The van der Waals surface area contributed by atoms with Gasteiger partial charge in [-0.15, -0.1) is 0 Å². The summed E-state index contributed by atoms with van der Waals surface area (Å²) >= 11 is 0. The van der Waals surface area contributed by atoms with Crippen LogP contribution < -0.4 is 14.8 Å². The molecule has 1 unspecified atom stereocenters. The molecule has 0 saturated carbocycles. The Hall–Kier alpha value is -1.73. The molecule has 158 valence electrons. The molecular weight excluding hydrogens is 374 g/mol. The van der Waals surface area contributed by atoms with Crippen LogP contribution in [0.4, 0.5) is 5.69 Å². The van der Waals surface area contributed by atoms with Gasteiger partial charge in [-0.1, -0.05) is 20.8 Å². The van der Waals surface area contributed by atoms with E-state index >= 15 is 0 Å². The van der Waals surface area contributed by atoms with Gasteiger partial charge in [0.05, 0.1) is 20.3 Å². The van der Waals surface area contributed by atoms with Crippen LogP contribution in [0.2, 0.25) is 18.1 Å². The summed E-state index contributed by atoms with van der Waals surface area (Å²) in [6, 6.07) is 5.61. The Bertz CT molecular complexity index is 697. The van der Waals surface area contributed by atoms with E-state index in [4.69, 9.17) is 18.6 Å². The van der Waals surface area contributed by atoms with E-state index in [0.717, 1.165) is 12.1 Å². The number of benzene rings is 1. The van der Waals surface area contributed by atoms with Gasteiger partial charge in [0, 0.05) is 18.2 Å². The van der Waals surface area contributed by atoms with E-state index in [-0.39, 0.29) is 17.1 Å². The summed E-state index contributed by atoms with van der Waals surface area (Å²) in [5.74, 6) is 1.03. The van der Waals surface area contributed by atoms with Gasteiger partial charge in [0.15, 0.2) is 19.8 Å². The number of carbonyl (C=O) groups excluding carboxylic acids is 1. The van der Waals surface area contributed by atoms with Crippen molar-refractivity contribution in [3.05, 3.63) is 18.2 Å². The molecule has 7 heteroatoms. The summed E-state index contributed by atoms with van der Waals surface area (Å²) in [7, 11) is -0.441. The fraction of sp³-hybridized carbons (Fsp3) is 0.667. The summed E-state index contributed by atoms with van der Waals surface area (Å²) in [6.07, 6.45) is 0.723. The molecule has 28 heavy (non-hydrogen) atoms. The molecule has 1 aromatic carbocycles. The Morgan fingerprint density at radius 2 is 1.89 bits per heavy atom. The molecular formula is C21H35NO5Si. The van der Waals surface area contributed by atoms with Gasteiger partial charge in [-0.2, -0.15) is 0 Å². The molecule has 0 amide bonds. The van der Waals surface area contributed by atoms with Gasteiger partial charge in [-0.25, -0.2) is 4.79 Å². The van der Waals surface area contributed by atoms with E-state index in [2.05, 4.69) is 39.2 Å². The van der Waals surface area contributed by atoms with E-state index in [1.807, 2.05) is 18.2 Å². The van der Waals surface area contributed by atoms with Crippen LogP contribution in [0, 0.1) is 0 Å². The van der Waals surface area contributed by atoms with Crippen LogP contribution in [0.15, 0.2) is 18.2 Å². The molecule has 0 aromatic heterocycles. The van der Waals surface area contributed by atoms with Crippen LogP contribution in [-0.2, 0) is 14.0 Å². The number of esters is 1. The Kier molecular flexibility index (Phi) is 6.71. The zero-order valence-corrected chi connectivity index (χ0v) is 19.5. The highest BCUT2D eigenvalue weighted by Gasteiger charge is 2.38. The van der Waals surface area contributed by atoms with Gasteiger partial charge in [-0.3, -0.25) is 0 Å². The minimum atomic E-state index is -1.82. The molecule has 0 spiro atoms. The average Bonchev–Trinajstić information content (AvgIpc) is 2.79. The molecule has 1 atom stereocenters. The number of hydrogen-bond donors (Lipinski definition) is 1. The van der Waals surface area contributed by atoms with Crippen molar-refractivity contribution in [2.24, 2.45) is 0 Å². The van der Waals surface area contributed by atoms with E-state index in [0.29, 0.717) is 24.7 Å². The Balaban J connectivity index is 2.07. The number of anilines is 1. The van der Waals surface area contributed by atoms with Gasteiger partial charge >= 0.3 is 5.97 Å². The topological polar surface area (TPSA) is 66.0 Å². The van der Waals surface area contributed by atoms with Crippen molar-refractivity contribution in [2.75, 3.05) is 25.6 Å². The van der Waals surface area contributed by atoms with Gasteiger partial charge in [0.2, 0.25) is 0 Å². The van der Waals surface area contributed by atoms with Gasteiger partial charge in [-0.05, 0) is 44.1 Å². The molecule has 2 rings (SSSR count). The van der Waals surface area contributed by atoms with E-state index < -0.39 is 13.9 Å². The zero-order chi connectivity index (χ0) is 21.2. The maximum Gasteiger partial charge on any atom is 0.330 e. The number of carbonyl (C=O) groups is 1. The number of methoxy groups -OCH3 is 1. The highest BCUT2D eigenvalue weighted by Crippen LogP contribution is 2.38. The third kappa shape index (κ3) is 5.41. The molecule has 0 fully saturated rings. The predicted molar refractivity (Wildman–Crippen MR) is 114 cm³/mol. The van der Waals surface area contributed by atoms with Crippen molar-refractivity contribution in [1.82, 2.24) is 0 Å². The molecule has 1 heterocycles. The molecule has 1 aliphatic rings. The second-order valence-corrected chi connectivity index (χ2v) is 14.2. The smallest absolute Gasteiger partial charge is 0.330 e. The van der Waals surface area contributed by atoms with E-state index in [9.17, 15) is 4.79 Å². The first-order valence-corrected chi connectivity index (χ1v) is 12.7. The lowest BCUT2D eigenvalue weighted by Crippen LogP contribution is -2.43. The summed E-state index contributed by atoms with van der Waals surface area (Å²) < 4.78 is 23.2. The molecule has 0 radical (unpaired) electrons.